The minimum atomic E-state index is 0.0578. The summed E-state index contributed by atoms with van der Waals surface area (Å²) in [5.41, 5.74) is 1.89. The highest BCUT2D eigenvalue weighted by molar-refractivity contribution is 6.18. The van der Waals surface area contributed by atoms with Gasteiger partial charge < -0.3 is 10.2 Å². The zero-order chi connectivity index (χ0) is 15.5. The molecule has 2 aromatic rings. The Morgan fingerprint density at radius 2 is 1.64 bits per heavy atom. The van der Waals surface area contributed by atoms with Crippen LogP contribution in [0.4, 0.5) is 0 Å². The van der Waals surface area contributed by atoms with E-state index in [4.69, 9.17) is 11.6 Å². The van der Waals surface area contributed by atoms with E-state index < -0.39 is 0 Å². The zero-order valence-electron chi connectivity index (χ0n) is 12.3. The summed E-state index contributed by atoms with van der Waals surface area (Å²) in [6, 6.07) is 15.2. The number of halogens is 1. The molecule has 22 heavy (non-hydrogen) atoms. The molecule has 3 nitrogen and oxygen atoms in total. The molecule has 3 rings (SSSR count). The number of phenolic OH excluding ortho intramolecular Hbond substituents is 2. The molecule has 1 saturated heterocycles. The summed E-state index contributed by atoms with van der Waals surface area (Å²) >= 11 is 6.14. The first-order chi connectivity index (χ1) is 10.7. The fourth-order valence-electron chi connectivity index (χ4n) is 3.34. The van der Waals surface area contributed by atoms with Crippen molar-refractivity contribution in [2.75, 3.05) is 19.0 Å². The van der Waals surface area contributed by atoms with Crippen LogP contribution in [0, 0.1) is 5.92 Å². The smallest absolute Gasteiger partial charge is 0.122 e. The summed E-state index contributed by atoms with van der Waals surface area (Å²) in [5, 5.41) is 20.2. The second-order valence-corrected chi connectivity index (χ2v) is 6.22. The Kier molecular flexibility index (Phi) is 4.55. The lowest BCUT2D eigenvalue weighted by atomic mass is 9.89. The van der Waals surface area contributed by atoms with Crippen LogP contribution in [-0.4, -0.2) is 34.1 Å². The molecule has 1 aliphatic heterocycles. The van der Waals surface area contributed by atoms with Crippen molar-refractivity contribution in [2.24, 2.45) is 5.92 Å². The van der Waals surface area contributed by atoms with Crippen LogP contribution < -0.4 is 0 Å². The van der Waals surface area contributed by atoms with Crippen molar-refractivity contribution in [1.82, 2.24) is 4.90 Å². The van der Waals surface area contributed by atoms with Crippen molar-refractivity contribution in [2.45, 2.75) is 12.5 Å². The third kappa shape index (κ3) is 3.06. The van der Waals surface area contributed by atoms with Crippen LogP contribution in [0.5, 0.6) is 11.5 Å². The third-order valence-electron chi connectivity index (χ3n) is 4.39. The summed E-state index contributed by atoms with van der Waals surface area (Å²) < 4.78 is 0. The maximum absolute atomic E-state index is 10.1. The van der Waals surface area contributed by atoms with E-state index in [1.54, 1.807) is 18.2 Å². The lowest BCUT2D eigenvalue weighted by Gasteiger charge is -2.19. The van der Waals surface area contributed by atoms with Crippen LogP contribution in [0.2, 0.25) is 0 Å². The van der Waals surface area contributed by atoms with E-state index in [1.165, 1.54) is 5.56 Å². The number of phenols is 2. The first-order valence-electron chi connectivity index (χ1n) is 7.52. The normalized spacial score (nSPS) is 22.0. The van der Waals surface area contributed by atoms with Crippen molar-refractivity contribution in [3.8, 4) is 11.5 Å². The van der Waals surface area contributed by atoms with Crippen LogP contribution in [0.15, 0.2) is 48.5 Å². The van der Waals surface area contributed by atoms with E-state index >= 15 is 0 Å². The summed E-state index contributed by atoms with van der Waals surface area (Å²) in [7, 11) is 0. The second kappa shape index (κ2) is 6.59. The van der Waals surface area contributed by atoms with Crippen molar-refractivity contribution < 1.29 is 10.2 Å². The number of benzene rings is 2. The molecule has 2 atom stereocenters. The maximum Gasteiger partial charge on any atom is 0.122 e. The number of rotatable bonds is 4. The van der Waals surface area contributed by atoms with E-state index in [0.717, 1.165) is 19.6 Å². The summed E-state index contributed by atoms with van der Waals surface area (Å²) in [5.74, 6) is 1.11. The van der Waals surface area contributed by atoms with Gasteiger partial charge >= 0.3 is 0 Å². The molecule has 116 valence electrons. The molecule has 0 spiro atoms. The van der Waals surface area contributed by atoms with Gasteiger partial charge in [-0.25, -0.2) is 0 Å². The average molecular weight is 318 g/mol. The van der Waals surface area contributed by atoms with Gasteiger partial charge in [0.05, 0.1) is 0 Å². The highest BCUT2D eigenvalue weighted by Gasteiger charge is 2.36. The molecule has 2 unspecified atom stereocenters. The topological polar surface area (TPSA) is 43.7 Å². The molecule has 4 heteroatoms. The van der Waals surface area contributed by atoms with Crippen LogP contribution in [0.25, 0.3) is 0 Å². The number of hydrogen-bond acceptors (Lipinski definition) is 3. The SMILES string of the molecule is Oc1cccc(O)c1C1CN(Cc2ccccc2)CC1CCl. The van der Waals surface area contributed by atoms with Gasteiger partial charge in [0.15, 0.2) is 0 Å². The summed E-state index contributed by atoms with van der Waals surface area (Å²) in [6.07, 6.45) is 0. The Labute approximate surface area is 135 Å². The molecule has 0 radical (unpaired) electrons. The molecule has 0 aliphatic carbocycles. The van der Waals surface area contributed by atoms with Crippen LogP contribution in [0.3, 0.4) is 0 Å². The van der Waals surface area contributed by atoms with Gasteiger partial charge in [0.2, 0.25) is 0 Å². The third-order valence-corrected chi connectivity index (χ3v) is 4.79. The van der Waals surface area contributed by atoms with Gasteiger partial charge in [0.25, 0.3) is 0 Å². The van der Waals surface area contributed by atoms with Gasteiger partial charge in [-0.3, -0.25) is 4.90 Å². The van der Waals surface area contributed by atoms with Crippen molar-refractivity contribution in [3.05, 3.63) is 59.7 Å². The number of hydrogen-bond donors (Lipinski definition) is 2. The molecule has 0 aromatic heterocycles. The quantitative estimate of drug-likeness (QED) is 0.848. The first-order valence-corrected chi connectivity index (χ1v) is 8.05. The molecule has 0 bridgehead atoms. The predicted molar refractivity (Wildman–Crippen MR) is 88.4 cm³/mol. The highest BCUT2D eigenvalue weighted by Crippen LogP contribution is 2.42. The van der Waals surface area contributed by atoms with E-state index in [2.05, 4.69) is 17.0 Å². The molecular weight excluding hydrogens is 298 g/mol. The fourth-order valence-corrected chi connectivity index (χ4v) is 3.65. The highest BCUT2D eigenvalue weighted by atomic mass is 35.5. The Bertz CT molecular complexity index is 612. The largest absolute Gasteiger partial charge is 0.508 e. The van der Waals surface area contributed by atoms with Gasteiger partial charge in [-0.1, -0.05) is 36.4 Å². The van der Waals surface area contributed by atoms with E-state index in [1.807, 2.05) is 18.2 Å². The Hall–Kier alpha value is -1.71. The van der Waals surface area contributed by atoms with Crippen LogP contribution >= 0.6 is 11.6 Å². The second-order valence-electron chi connectivity index (χ2n) is 5.91. The molecule has 1 fully saturated rings. The zero-order valence-corrected chi connectivity index (χ0v) is 13.1. The predicted octanol–water partition coefficient (Wildman–Crippen LogP) is 3.55. The Morgan fingerprint density at radius 3 is 2.27 bits per heavy atom. The molecule has 2 N–H and O–H groups in total. The van der Waals surface area contributed by atoms with Gasteiger partial charge in [-0.15, -0.1) is 11.6 Å². The monoisotopic (exact) mass is 317 g/mol. The lowest BCUT2D eigenvalue weighted by Crippen LogP contribution is -2.20. The summed E-state index contributed by atoms with van der Waals surface area (Å²) in [4.78, 5) is 2.33. The van der Waals surface area contributed by atoms with Crippen molar-refractivity contribution in [3.63, 3.8) is 0 Å². The number of alkyl halides is 1. The Morgan fingerprint density at radius 1 is 0.955 bits per heavy atom. The van der Waals surface area contributed by atoms with E-state index in [-0.39, 0.29) is 23.3 Å². The molecule has 1 aliphatic rings. The maximum atomic E-state index is 10.1. The first kappa shape index (κ1) is 15.2. The van der Waals surface area contributed by atoms with E-state index in [9.17, 15) is 10.2 Å². The molecule has 1 heterocycles. The standard InChI is InChI=1S/C18H20ClNO2/c19-9-14-11-20(10-13-5-2-1-3-6-13)12-15(14)18-16(21)7-4-8-17(18)22/h1-8,14-15,21-22H,9-12H2. The van der Waals surface area contributed by atoms with Crippen LogP contribution in [0.1, 0.15) is 17.0 Å². The number of nitrogens with zero attached hydrogens (tertiary/aromatic N) is 1. The van der Waals surface area contributed by atoms with Gasteiger partial charge in [0, 0.05) is 37.0 Å². The lowest BCUT2D eigenvalue weighted by molar-refractivity contribution is 0.318. The van der Waals surface area contributed by atoms with Crippen LogP contribution in [-0.2, 0) is 6.54 Å². The summed E-state index contributed by atoms with van der Waals surface area (Å²) in [6.45, 7) is 2.52. The minimum absolute atomic E-state index is 0.0578. The molecule has 0 saturated carbocycles. The van der Waals surface area contributed by atoms with Crippen molar-refractivity contribution in [1.29, 1.82) is 0 Å². The average Bonchev–Trinajstić information content (AvgIpc) is 2.91. The minimum Gasteiger partial charge on any atom is -0.508 e. The van der Waals surface area contributed by atoms with Crippen molar-refractivity contribution >= 4 is 11.6 Å². The Balaban J connectivity index is 1.81. The van der Waals surface area contributed by atoms with Gasteiger partial charge in [-0.2, -0.15) is 0 Å². The molecule has 2 aromatic carbocycles. The fraction of sp³-hybridized carbons (Fsp3) is 0.333. The van der Waals surface area contributed by atoms with E-state index in [0.29, 0.717) is 11.4 Å². The van der Waals surface area contributed by atoms with Gasteiger partial charge in [-0.05, 0) is 23.6 Å². The molecule has 0 amide bonds. The molecular formula is C18H20ClNO2. The number of aromatic hydroxyl groups is 2. The van der Waals surface area contributed by atoms with Gasteiger partial charge in [0.1, 0.15) is 11.5 Å². The number of likely N-dealkylation sites (tertiary alicyclic amines) is 1.